The zero-order chi connectivity index (χ0) is 17.2. The van der Waals surface area contributed by atoms with E-state index in [4.69, 9.17) is 21.0 Å². The van der Waals surface area contributed by atoms with Gasteiger partial charge in [0.2, 0.25) is 0 Å². The van der Waals surface area contributed by atoms with Crippen molar-refractivity contribution >= 4 is 5.97 Å². The first-order valence-corrected chi connectivity index (χ1v) is 8.41. The molecule has 1 saturated heterocycles. The minimum absolute atomic E-state index is 0.0165. The van der Waals surface area contributed by atoms with E-state index < -0.39 is 5.97 Å². The fraction of sp³-hybridized carbons (Fsp3) is 0.526. The molecule has 5 nitrogen and oxygen atoms in total. The van der Waals surface area contributed by atoms with Crippen LogP contribution in [-0.4, -0.2) is 48.8 Å². The Bertz CT molecular complexity index is 549. The molecule has 1 aromatic rings. The normalized spacial score (nSPS) is 18.0. The SMILES string of the molecule is C#CCCCCOc1ccc([C@H]2CN(CCC(=O)O)CCO2)cc1. The second kappa shape index (κ2) is 9.96. The highest BCUT2D eigenvalue weighted by Crippen LogP contribution is 2.24. The fourth-order valence-electron chi connectivity index (χ4n) is 2.66. The van der Waals surface area contributed by atoms with Crippen LogP contribution in [0.25, 0.3) is 0 Å². The lowest BCUT2D eigenvalue weighted by Crippen LogP contribution is -2.39. The molecule has 1 aromatic carbocycles. The van der Waals surface area contributed by atoms with E-state index in [2.05, 4.69) is 10.8 Å². The molecule has 1 aliphatic rings. The summed E-state index contributed by atoms with van der Waals surface area (Å²) in [7, 11) is 0. The van der Waals surface area contributed by atoms with Crippen molar-refractivity contribution in [2.24, 2.45) is 0 Å². The summed E-state index contributed by atoms with van der Waals surface area (Å²) in [6.07, 6.45) is 8.10. The number of rotatable bonds is 9. The number of carboxylic acid groups (broad SMARTS) is 1. The predicted octanol–water partition coefficient (Wildman–Crippen LogP) is 2.72. The predicted molar refractivity (Wildman–Crippen MR) is 92.0 cm³/mol. The number of morpholine rings is 1. The maximum atomic E-state index is 10.7. The van der Waals surface area contributed by atoms with Gasteiger partial charge in [0.1, 0.15) is 5.75 Å². The van der Waals surface area contributed by atoms with Crippen molar-refractivity contribution in [2.45, 2.75) is 31.8 Å². The first-order valence-electron chi connectivity index (χ1n) is 8.41. The zero-order valence-corrected chi connectivity index (χ0v) is 13.9. The molecule has 0 amide bonds. The second-order valence-corrected chi connectivity index (χ2v) is 5.88. The topological polar surface area (TPSA) is 59.0 Å². The van der Waals surface area contributed by atoms with Gasteiger partial charge in [0.25, 0.3) is 0 Å². The molecule has 0 radical (unpaired) electrons. The summed E-state index contributed by atoms with van der Waals surface area (Å²) in [6, 6.07) is 7.94. The molecule has 5 heteroatoms. The number of nitrogens with zero attached hydrogens (tertiary/aromatic N) is 1. The highest BCUT2D eigenvalue weighted by atomic mass is 16.5. The summed E-state index contributed by atoms with van der Waals surface area (Å²) in [5.74, 6) is 2.71. The smallest absolute Gasteiger partial charge is 0.304 e. The van der Waals surface area contributed by atoms with E-state index in [0.29, 0.717) is 19.8 Å². The minimum atomic E-state index is -0.762. The molecule has 1 N–H and O–H groups in total. The lowest BCUT2D eigenvalue weighted by molar-refractivity contribution is -0.137. The number of aliphatic carboxylic acids is 1. The van der Waals surface area contributed by atoms with E-state index in [1.807, 2.05) is 24.3 Å². The number of hydrogen-bond acceptors (Lipinski definition) is 4. The lowest BCUT2D eigenvalue weighted by Gasteiger charge is -2.32. The van der Waals surface area contributed by atoms with Gasteiger partial charge in [-0.25, -0.2) is 0 Å². The lowest BCUT2D eigenvalue weighted by atomic mass is 10.1. The average Bonchev–Trinajstić information content (AvgIpc) is 2.60. The molecule has 0 saturated carbocycles. The van der Waals surface area contributed by atoms with Crippen LogP contribution in [0.5, 0.6) is 5.75 Å². The third-order valence-electron chi connectivity index (χ3n) is 4.03. The van der Waals surface area contributed by atoms with Crippen LogP contribution in [0.2, 0.25) is 0 Å². The number of benzene rings is 1. The van der Waals surface area contributed by atoms with Crippen LogP contribution in [0.3, 0.4) is 0 Å². The van der Waals surface area contributed by atoms with Gasteiger partial charge in [-0.15, -0.1) is 12.3 Å². The first kappa shape index (κ1) is 18.3. The summed E-state index contributed by atoms with van der Waals surface area (Å²) in [6.45, 7) is 3.36. The molecular formula is C19H25NO4. The van der Waals surface area contributed by atoms with Crippen molar-refractivity contribution in [1.82, 2.24) is 4.90 Å². The quantitative estimate of drug-likeness (QED) is 0.557. The van der Waals surface area contributed by atoms with Crippen LogP contribution >= 0.6 is 0 Å². The van der Waals surface area contributed by atoms with Crippen LogP contribution in [0, 0.1) is 12.3 Å². The summed E-state index contributed by atoms with van der Waals surface area (Å²) in [4.78, 5) is 12.8. The van der Waals surface area contributed by atoms with Gasteiger partial charge >= 0.3 is 5.97 Å². The van der Waals surface area contributed by atoms with Gasteiger partial charge in [-0.1, -0.05) is 12.1 Å². The summed E-state index contributed by atoms with van der Waals surface area (Å²) in [5.41, 5.74) is 1.09. The number of carboxylic acids is 1. The van der Waals surface area contributed by atoms with Gasteiger partial charge in [-0.05, 0) is 30.5 Å². The van der Waals surface area contributed by atoms with E-state index in [0.717, 1.165) is 43.7 Å². The Morgan fingerprint density at radius 2 is 2.17 bits per heavy atom. The Kier molecular flexibility index (Phi) is 7.60. The van der Waals surface area contributed by atoms with E-state index in [9.17, 15) is 4.79 Å². The standard InChI is InChI=1S/C19H25NO4/c1-2-3-4-5-13-23-17-8-6-16(7-9-17)18-15-20(12-14-24-18)11-10-19(21)22/h1,6-9,18H,3-5,10-15H2,(H,21,22)/t18-/m1/s1. The molecular weight excluding hydrogens is 306 g/mol. The van der Waals surface area contributed by atoms with E-state index in [1.54, 1.807) is 0 Å². The average molecular weight is 331 g/mol. The molecule has 2 rings (SSSR count). The Hall–Kier alpha value is -2.03. The maximum absolute atomic E-state index is 10.7. The van der Waals surface area contributed by atoms with E-state index in [-0.39, 0.29) is 12.5 Å². The Morgan fingerprint density at radius 3 is 2.88 bits per heavy atom. The number of hydrogen-bond donors (Lipinski definition) is 1. The van der Waals surface area contributed by atoms with Crippen LogP contribution in [-0.2, 0) is 9.53 Å². The highest BCUT2D eigenvalue weighted by molar-refractivity contribution is 5.66. The van der Waals surface area contributed by atoms with E-state index in [1.165, 1.54) is 0 Å². The van der Waals surface area contributed by atoms with Crippen molar-refractivity contribution in [2.75, 3.05) is 32.8 Å². The van der Waals surface area contributed by atoms with Gasteiger partial charge in [0.05, 0.1) is 25.7 Å². The minimum Gasteiger partial charge on any atom is -0.494 e. The molecule has 1 aliphatic heterocycles. The number of unbranched alkanes of at least 4 members (excludes halogenated alkanes) is 2. The largest absolute Gasteiger partial charge is 0.494 e. The van der Waals surface area contributed by atoms with Gasteiger partial charge in [-0.3, -0.25) is 9.69 Å². The number of carbonyl (C=O) groups is 1. The van der Waals surface area contributed by atoms with Crippen molar-refractivity contribution in [3.8, 4) is 18.1 Å². The Morgan fingerprint density at radius 1 is 1.38 bits per heavy atom. The highest BCUT2D eigenvalue weighted by Gasteiger charge is 2.22. The van der Waals surface area contributed by atoms with Gasteiger partial charge in [0.15, 0.2) is 0 Å². The molecule has 24 heavy (non-hydrogen) atoms. The van der Waals surface area contributed by atoms with Gasteiger partial charge < -0.3 is 14.6 Å². The third-order valence-corrected chi connectivity index (χ3v) is 4.03. The molecule has 0 bridgehead atoms. The van der Waals surface area contributed by atoms with Crippen molar-refractivity contribution < 1.29 is 19.4 Å². The van der Waals surface area contributed by atoms with Crippen LogP contribution in [0.4, 0.5) is 0 Å². The van der Waals surface area contributed by atoms with E-state index >= 15 is 0 Å². The van der Waals surface area contributed by atoms with Crippen LogP contribution in [0.15, 0.2) is 24.3 Å². The Balaban J connectivity index is 1.79. The molecule has 0 aromatic heterocycles. The zero-order valence-electron chi connectivity index (χ0n) is 13.9. The van der Waals surface area contributed by atoms with Crippen molar-refractivity contribution in [3.05, 3.63) is 29.8 Å². The van der Waals surface area contributed by atoms with Gasteiger partial charge in [0, 0.05) is 26.1 Å². The van der Waals surface area contributed by atoms with Crippen LogP contribution in [0.1, 0.15) is 37.4 Å². The summed E-state index contributed by atoms with van der Waals surface area (Å²) in [5, 5.41) is 8.79. The summed E-state index contributed by atoms with van der Waals surface area (Å²) < 4.78 is 11.5. The van der Waals surface area contributed by atoms with Crippen molar-refractivity contribution in [3.63, 3.8) is 0 Å². The maximum Gasteiger partial charge on any atom is 0.304 e. The second-order valence-electron chi connectivity index (χ2n) is 5.88. The van der Waals surface area contributed by atoms with Crippen LogP contribution < -0.4 is 4.74 Å². The molecule has 1 atom stereocenters. The summed E-state index contributed by atoms with van der Waals surface area (Å²) >= 11 is 0. The molecule has 0 spiro atoms. The van der Waals surface area contributed by atoms with Crippen molar-refractivity contribution in [1.29, 1.82) is 0 Å². The van der Waals surface area contributed by atoms with Gasteiger partial charge in [-0.2, -0.15) is 0 Å². The molecule has 1 fully saturated rings. The molecule has 130 valence electrons. The first-order chi connectivity index (χ1) is 11.7. The third kappa shape index (κ3) is 6.23. The molecule has 1 heterocycles. The Labute approximate surface area is 143 Å². The monoisotopic (exact) mass is 331 g/mol. The molecule has 0 aliphatic carbocycles. The fourth-order valence-corrected chi connectivity index (χ4v) is 2.66. The number of terminal acetylenes is 1. The molecule has 0 unspecified atom stereocenters. The number of ether oxygens (including phenoxy) is 2.